The number of hydrogen-bond acceptors (Lipinski definition) is 2. The van der Waals surface area contributed by atoms with Crippen molar-refractivity contribution in [3.05, 3.63) is 20.8 Å². The van der Waals surface area contributed by atoms with Gasteiger partial charge >= 0.3 is 0 Å². The van der Waals surface area contributed by atoms with Gasteiger partial charge in [-0.05, 0) is 28.4 Å². The summed E-state index contributed by atoms with van der Waals surface area (Å²) in [6.07, 6.45) is 1.09. The van der Waals surface area contributed by atoms with Gasteiger partial charge in [0, 0.05) is 33.7 Å². The first kappa shape index (κ1) is 10.5. The van der Waals surface area contributed by atoms with E-state index in [9.17, 15) is 0 Å². The molecule has 68 valence electrons. The molecule has 1 heterocycles. The molecule has 0 fully saturated rings. The lowest BCUT2D eigenvalue weighted by Gasteiger charge is -1.98. The lowest BCUT2D eigenvalue weighted by Crippen LogP contribution is -2.18. The van der Waals surface area contributed by atoms with Crippen LogP contribution in [0.25, 0.3) is 0 Å². The molecule has 0 saturated heterocycles. The van der Waals surface area contributed by atoms with Crippen LogP contribution in [0.4, 0.5) is 0 Å². The van der Waals surface area contributed by atoms with Crippen LogP contribution in [-0.4, -0.2) is 19.0 Å². The van der Waals surface area contributed by atoms with Crippen molar-refractivity contribution < 1.29 is 0 Å². The molecule has 0 aliphatic heterocycles. The van der Waals surface area contributed by atoms with Crippen LogP contribution in [0.15, 0.2) is 15.9 Å². The molecule has 1 aromatic heterocycles. The van der Waals surface area contributed by atoms with Crippen molar-refractivity contribution in [2.45, 2.75) is 6.42 Å². The van der Waals surface area contributed by atoms with Gasteiger partial charge in [-0.3, -0.25) is 0 Å². The zero-order valence-corrected chi connectivity index (χ0v) is 9.81. The van der Waals surface area contributed by atoms with E-state index in [1.165, 1.54) is 9.35 Å². The van der Waals surface area contributed by atoms with Crippen molar-refractivity contribution in [1.82, 2.24) is 5.32 Å². The van der Waals surface area contributed by atoms with Crippen molar-refractivity contribution in [2.24, 2.45) is 0 Å². The van der Waals surface area contributed by atoms with Gasteiger partial charge in [-0.25, -0.2) is 0 Å². The Balaban J connectivity index is 2.15. The summed E-state index contributed by atoms with van der Waals surface area (Å²) < 4.78 is 1.18. The molecular formula is C8H11BrClNS. The molecule has 0 radical (unpaired) electrons. The first-order chi connectivity index (χ1) is 5.83. The summed E-state index contributed by atoms with van der Waals surface area (Å²) in [6, 6.07) is 2.16. The first-order valence-electron chi connectivity index (χ1n) is 3.82. The van der Waals surface area contributed by atoms with Crippen LogP contribution in [0.5, 0.6) is 0 Å². The summed E-state index contributed by atoms with van der Waals surface area (Å²) in [4.78, 5) is 1.41. The highest BCUT2D eigenvalue weighted by atomic mass is 79.9. The largest absolute Gasteiger partial charge is 0.315 e. The van der Waals surface area contributed by atoms with E-state index in [1.807, 2.05) is 0 Å². The maximum absolute atomic E-state index is 5.52. The molecule has 0 atom stereocenters. The van der Waals surface area contributed by atoms with E-state index >= 15 is 0 Å². The second-order valence-corrected chi connectivity index (χ2v) is 4.71. The average molecular weight is 269 g/mol. The predicted molar refractivity (Wildman–Crippen MR) is 59.3 cm³/mol. The fourth-order valence-corrected chi connectivity index (χ4v) is 2.48. The average Bonchev–Trinajstić information content (AvgIpc) is 2.45. The Bertz CT molecular complexity index is 227. The van der Waals surface area contributed by atoms with E-state index in [0.717, 1.165) is 19.5 Å². The molecule has 0 spiro atoms. The molecule has 4 heteroatoms. The van der Waals surface area contributed by atoms with Gasteiger partial charge < -0.3 is 5.32 Å². The summed E-state index contributed by atoms with van der Waals surface area (Å²) in [5.41, 5.74) is 0. The van der Waals surface area contributed by atoms with Crippen molar-refractivity contribution in [3.63, 3.8) is 0 Å². The van der Waals surface area contributed by atoms with Gasteiger partial charge in [0.25, 0.3) is 0 Å². The second-order valence-electron chi connectivity index (χ2n) is 2.42. The Morgan fingerprint density at radius 3 is 2.92 bits per heavy atom. The Labute approximate surface area is 90.3 Å². The fourth-order valence-electron chi connectivity index (χ4n) is 0.888. The highest BCUT2D eigenvalue weighted by Gasteiger charge is 1.96. The van der Waals surface area contributed by atoms with Gasteiger partial charge in [-0.15, -0.1) is 22.9 Å². The molecule has 0 aliphatic carbocycles. The van der Waals surface area contributed by atoms with E-state index in [-0.39, 0.29) is 0 Å². The van der Waals surface area contributed by atoms with Crippen LogP contribution in [-0.2, 0) is 6.42 Å². The first-order valence-corrected chi connectivity index (χ1v) is 6.03. The lowest BCUT2D eigenvalue weighted by atomic mass is 10.3. The van der Waals surface area contributed by atoms with E-state index in [1.54, 1.807) is 11.3 Å². The zero-order valence-electron chi connectivity index (χ0n) is 6.65. The molecule has 1 aromatic rings. The number of rotatable bonds is 5. The van der Waals surface area contributed by atoms with E-state index in [0.29, 0.717) is 5.88 Å². The Kier molecular flexibility index (Phi) is 5.23. The van der Waals surface area contributed by atoms with Crippen LogP contribution in [0, 0.1) is 0 Å². The molecule has 0 amide bonds. The highest BCUT2D eigenvalue weighted by Crippen LogP contribution is 2.19. The van der Waals surface area contributed by atoms with E-state index in [4.69, 9.17) is 11.6 Å². The molecule has 1 nitrogen and oxygen atoms in total. The molecule has 0 unspecified atom stereocenters. The van der Waals surface area contributed by atoms with Crippen LogP contribution < -0.4 is 5.32 Å². The summed E-state index contributed by atoms with van der Waals surface area (Å²) >= 11 is 10.7. The van der Waals surface area contributed by atoms with Gasteiger partial charge in [0.05, 0.1) is 0 Å². The van der Waals surface area contributed by atoms with Crippen molar-refractivity contribution in [3.8, 4) is 0 Å². The monoisotopic (exact) mass is 267 g/mol. The van der Waals surface area contributed by atoms with Crippen LogP contribution in [0.3, 0.4) is 0 Å². The summed E-state index contributed by atoms with van der Waals surface area (Å²) in [6.45, 7) is 1.91. The normalized spacial score (nSPS) is 10.5. The smallest absolute Gasteiger partial charge is 0.0348 e. The standard InChI is InChI=1S/C8H11BrClNS/c9-7-5-8(12-6-7)1-3-11-4-2-10/h5-6,11H,1-4H2. The van der Waals surface area contributed by atoms with Crippen molar-refractivity contribution >= 4 is 38.9 Å². The number of nitrogens with one attached hydrogen (secondary N) is 1. The Morgan fingerprint density at radius 2 is 2.33 bits per heavy atom. The number of thiophene rings is 1. The van der Waals surface area contributed by atoms with E-state index in [2.05, 4.69) is 32.7 Å². The topological polar surface area (TPSA) is 12.0 Å². The van der Waals surface area contributed by atoms with Crippen LogP contribution >= 0.6 is 38.9 Å². The lowest BCUT2D eigenvalue weighted by molar-refractivity contribution is 0.724. The van der Waals surface area contributed by atoms with Crippen molar-refractivity contribution in [2.75, 3.05) is 19.0 Å². The summed E-state index contributed by atoms with van der Waals surface area (Å²) in [7, 11) is 0. The molecular weight excluding hydrogens is 258 g/mol. The second kappa shape index (κ2) is 5.97. The summed E-state index contributed by atoms with van der Waals surface area (Å²) in [5.74, 6) is 0.689. The van der Waals surface area contributed by atoms with Gasteiger partial charge in [0.15, 0.2) is 0 Å². The van der Waals surface area contributed by atoms with Gasteiger partial charge in [0.1, 0.15) is 0 Å². The number of halogens is 2. The third-order valence-corrected chi connectivity index (χ3v) is 3.39. The molecule has 1 rings (SSSR count). The predicted octanol–water partition coefficient (Wildman–Crippen LogP) is 2.88. The Morgan fingerprint density at radius 1 is 1.50 bits per heavy atom. The quantitative estimate of drug-likeness (QED) is 0.640. The third kappa shape index (κ3) is 3.90. The maximum Gasteiger partial charge on any atom is 0.0348 e. The minimum absolute atomic E-state index is 0.689. The molecule has 0 bridgehead atoms. The SMILES string of the molecule is ClCCNCCc1cc(Br)cs1. The van der Waals surface area contributed by atoms with Crippen LogP contribution in [0.2, 0.25) is 0 Å². The van der Waals surface area contributed by atoms with Gasteiger partial charge in [-0.1, -0.05) is 0 Å². The molecule has 12 heavy (non-hydrogen) atoms. The number of alkyl halides is 1. The molecule has 0 aromatic carbocycles. The highest BCUT2D eigenvalue weighted by molar-refractivity contribution is 9.10. The fraction of sp³-hybridized carbons (Fsp3) is 0.500. The molecule has 1 N–H and O–H groups in total. The zero-order chi connectivity index (χ0) is 8.81. The maximum atomic E-state index is 5.52. The third-order valence-electron chi connectivity index (χ3n) is 1.44. The van der Waals surface area contributed by atoms with Crippen LogP contribution in [0.1, 0.15) is 4.88 Å². The van der Waals surface area contributed by atoms with Crippen molar-refractivity contribution in [1.29, 1.82) is 0 Å². The summed E-state index contributed by atoms with van der Waals surface area (Å²) in [5, 5.41) is 5.36. The number of hydrogen-bond donors (Lipinski definition) is 1. The molecule has 0 saturated carbocycles. The van der Waals surface area contributed by atoms with E-state index < -0.39 is 0 Å². The minimum atomic E-state index is 0.689. The Hall–Kier alpha value is 0.430. The minimum Gasteiger partial charge on any atom is -0.315 e. The molecule has 0 aliphatic rings. The van der Waals surface area contributed by atoms with Gasteiger partial charge in [0.2, 0.25) is 0 Å². The van der Waals surface area contributed by atoms with Gasteiger partial charge in [-0.2, -0.15) is 0 Å².